The van der Waals surface area contributed by atoms with Crippen molar-refractivity contribution in [2.45, 2.75) is 32.9 Å². The normalized spacial score (nSPS) is 11.3. The lowest BCUT2D eigenvalue weighted by molar-refractivity contribution is -0.119. The average Bonchev–Trinajstić information content (AvgIpc) is 2.35. The smallest absolute Gasteiger partial charge is 0.414 e. The molecule has 0 bridgehead atoms. The maximum absolute atomic E-state index is 12.7. The summed E-state index contributed by atoms with van der Waals surface area (Å²) >= 11 is 1.87. The van der Waals surface area contributed by atoms with Gasteiger partial charge in [-0.3, -0.25) is 9.88 Å². The van der Waals surface area contributed by atoms with Crippen molar-refractivity contribution in [3.05, 3.63) is 21.5 Å². The fourth-order valence-corrected chi connectivity index (χ4v) is 2.41. The van der Waals surface area contributed by atoms with E-state index in [0.717, 1.165) is 6.42 Å². The number of unbranched alkanes of at least 4 members (excludes halogenated alkanes) is 1. The van der Waals surface area contributed by atoms with Crippen LogP contribution in [0.5, 0.6) is 0 Å². The standard InChI is InChI=1S/C13H16F3IN2O2/c1-3-4-5-21-12(20)19(8-13(14,15)16)11-7-18-9(2)6-10(11)17/h6-7H,3-5,8H2,1-2H3. The summed E-state index contributed by atoms with van der Waals surface area (Å²) in [5.74, 6) is 0. The first-order chi connectivity index (χ1) is 9.74. The van der Waals surface area contributed by atoms with Gasteiger partial charge in [0.2, 0.25) is 0 Å². The SMILES string of the molecule is CCCCOC(=O)N(CC(F)(F)F)c1cnc(C)cc1I. The third-order valence-corrected chi connectivity index (χ3v) is 3.41. The van der Waals surface area contributed by atoms with Gasteiger partial charge in [-0.25, -0.2) is 4.79 Å². The van der Waals surface area contributed by atoms with Crippen molar-refractivity contribution in [2.75, 3.05) is 18.1 Å². The number of halogens is 4. The van der Waals surface area contributed by atoms with Crippen molar-refractivity contribution < 1.29 is 22.7 Å². The van der Waals surface area contributed by atoms with Crippen molar-refractivity contribution >= 4 is 34.4 Å². The quantitative estimate of drug-likeness (QED) is 0.531. The molecule has 0 N–H and O–H groups in total. The zero-order valence-electron chi connectivity index (χ0n) is 11.7. The van der Waals surface area contributed by atoms with Gasteiger partial charge in [-0.05, 0) is 42.0 Å². The first-order valence-electron chi connectivity index (χ1n) is 6.37. The highest BCUT2D eigenvalue weighted by atomic mass is 127. The molecule has 1 rings (SSSR count). The van der Waals surface area contributed by atoms with Crippen LogP contribution < -0.4 is 4.90 Å². The Bertz CT molecular complexity index is 495. The Kier molecular flexibility index (Phi) is 6.69. The highest BCUT2D eigenvalue weighted by molar-refractivity contribution is 14.1. The number of amides is 1. The summed E-state index contributed by atoms with van der Waals surface area (Å²) in [5, 5.41) is 0. The van der Waals surface area contributed by atoms with Gasteiger partial charge in [0.05, 0.1) is 18.5 Å². The third kappa shape index (κ3) is 6.06. The van der Waals surface area contributed by atoms with Crippen LogP contribution in [0.1, 0.15) is 25.5 Å². The lowest BCUT2D eigenvalue weighted by Gasteiger charge is -2.24. The molecule has 0 radical (unpaired) electrons. The van der Waals surface area contributed by atoms with Crippen LogP contribution in [0.4, 0.5) is 23.7 Å². The molecule has 1 aromatic rings. The minimum atomic E-state index is -4.52. The predicted molar refractivity (Wildman–Crippen MR) is 81.3 cm³/mol. The topological polar surface area (TPSA) is 42.4 Å². The summed E-state index contributed by atoms with van der Waals surface area (Å²) < 4.78 is 43.4. The number of ether oxygens (including phenoxy) is 1. The van der Waals surface area contributed by atoms with Crippen molar-refractivity contribution in [3.8, 4) is 0 Å². The number of carbonyl (C=O) groups is 1. The number of rotatable bonds is 5. The number of aryl methyl sites for hydroxylation is 1. The molecule has 4 nitrogen and oxygen atoms in total. The number of hydrogen-bond acceptors (Lipinski definition) is 3. The second kappa shape index (κ2) is 7.81. The van der Waals surface area contributed by atoms with E-state index in [4.69, 9.17) is 4.74 Å². The zero-order chi connectivity index (χ0) is 16.0. The molecule has 0 aromatic carbocycles. The highest BCUT2D eigenvalue weighted by Gasteiger charge is 2.35. The molecule has 0 aliphatic heterocycles. The van der Waals surface area contributed by atoms with Gasteiger partial charge in [-0.1, -0.05) is 13.3 Å². The molecule has 1 heterocycles. The second-order valence-corrected chi connectivity index (χ2v) is 5.61. The Hall–Kier alpha value is -1.06. The summed E-state index contributed by atoms with van der Waals surface area (Å²) in [6.45, 7) is 2.31. The van der Waals surface area contributed by atoms with Gasteiger partial charge in [-0.2, -0.15) is 13.2 Å². The van der Waals surface area contributed by atoms with Crippen LogP contribution in [0.2, 0.25) is 0 Å². The van der Waals surface area contributed by atoms with Crippen LogP contribution in [-0.2, 0) is 4.74 Å². The molecule has 0 fully saturated rings. The van der Waals surface area contributed by atoms with Crippen LogP contribution >= 0.6 is 22.6 Å². The van der Waals surface area contributed by atoms with Crippen molar-refractivity contribution in [3.63, 3.8) is 0 Å². The number of pyridine rings is 1. The van der Waals surface area contributed by atoms with E-state index in [1.54, 1.807) is 13.0 Å². The molecule has 118 valence electrons. The molecule has 21 heavy (non-hydrogen) atoms. The molecule has 0 aliphatic carbocycles. The van der Waals surface area contributed by atoms with Gasteiger partial charge in [0, 0.05) is 9.26 Å². The number of alkyl halides is 3. The average molecular weight is 416 g/mol. The molecule has 0 unspecified atom stereocenters. The van der Waals surface area contributed by atoms with Gasteiger partial charge in [0.1, 0.15) is 6.54 Å². The van der Waals surface area contributed by atoms with E-state index in [-0.39, 0.29) is 12.3 Å². The number of aromatic nitrogens is 1. The van der Waals surface area contributed by atoms with Crippen molar-refractivity contribution in [1.29, 1.82) is 0 Å². The molecule has 0 saturated carbocycles. The molecule has 0 saturated heterocycles. The van der Waals surface area contributed by atoms with E-state index in [9.17, 15) is 18.0 Å². The maximum atomic E-state index is 12.7. The number of nitrogens with zero attached hydrogens (tertiary/aromatic N) is 2. The predicted octanol–water partition coefficient (Wildman–Crippen LogP) is 4.30. The lowest BCUT2D eigenvalue weighted by atomic mass is 10.3. The Morgan fingerprint density at radius 3 is 2.67 bits per heavy atom. The molecule has 8 heteroatoms. The van der Waals surface area contributed by atoms with E-state index in [2.05, 4.69) is 4.98 Å². The van der Waals surface area contributed by atoms with Gasteiger partial charge >= 0.3 is 12.3 Å². The largest absolute Gasteiger partial charge is 0.449 e. The van der Waals surface area contributed by atoms with Crippen molar-refractivity contribution in [1.82, 2.24) is 4.98 Å². The second-order valence-electron chi connectivity index (χ2n) is 4.45. The zero-order valence-corrected chi connectivity index (χ0v) is 13.9. The van der Waals surface area contributed by atoms with E-state index < -0.39 is 18.8 Å². The Morgan fingerprint density at radius 1 is 1.48 bits per heavy atom. The fraction of sp³-hybridized carbons (Fsp3) is 0.538. The Labute approximate surface area is 134 Å². The molecular weight excluding hydrogens is 400 g/mol. The van der Waals surface area contributed by atoms with Gasteiger partial charge in [-0.15, -0.1) is 0 Å². The lowest BCUT2D eigenvalue weighted by Crippen LogP contribution is -2.40. The molecule has 1 amide bonds. The first kappa shape index (κ1) is 18.0. The highest BCUT2D eigenvalue weighted by Crippen LogP contribution is 2.27. The minimum absolute atomic E-state index is 0.0968. The Balaban J connectivity index is 2.98. The summed E-state index contributed by atoms with van der Waals surface area (Å²) in [4.78, 5) is 16.4. The van der Waals surface area contributed by atoms with E-state index in [0.29, 0.717) is 20.6 Å². The molecule has 0 spiro atoms. The maximum Gasteiger partial charge on any atom is 0.414 e. The Morgan fingerprint density at radius 2 is 2.14 bits per heavy atom. The molecule has 0 aliphatic rings. The number of hydrogen-bond donors (Lipinski definition) is 0. The number of anilines is 1. The molecule has 1 aromatic heterocycles. The summed E-state index contributed by atoms with van der Waals surface area (Å²) in [7, 11) is 0. The van der Waals surface area contributed by atoms with E-state index in [1.807, 2.05) is 29.5 Å². The van der Waals surface area contributed by atoms with Crippen molar-refractivity contribution in [2.24, 2.45) is 0 Å². The summed E-state index contributed by atoms with van der Waals surface area (Å²) in [5.41, 5.74) is 0.759. The third-order valence-electron chi connectivity index (χ3n) is 2.54. The molecular formula is C13H16F3IN2O2. The van der Waals surface area contributed by atoms with E-state index >= 15 is 0 Å². The van der Waals surface area contributed by atoms with Gasteiger partial charge in [0.25, 0.3) is 0 Å². The summed E-state index contributed by atoms with van der Waals surface area (Å²) in [6, 6.07) is 1.61. The number of carbonyl (C=O) groups excluding carboxylic acids is 1. The fourth-order valence-electron chi connectivity index (χ4n) is 1.53. The van der Waals surface area contributed by atoms with Gasteiger partial charge in [0.15, 0.2) is 0 Å². The minimum Gasteiger partial charge on any atom is -0.449 e. The summed E-state index contributed by atoms with van der Waals surface area (Å²) in [6.07, 6.45) is -2.88. The van der Waals surface area contributed by atoms with Crippen LogP contribution in [-0.4, -0.2) is 30.4 Å². The first-order valence-corrected chi connectivity index (χ1v) is 7.45. The molecule has 0 atom stereocenters. The van der Waals surface area contributed by atoms with Gasteiger partial charge < -0.3 is 4.74 Å². The van der Waals surface area contributed by atoms with Crippen LogP contribution in [0.15, 0.2) is 12.3 Å². The van der Waals surface area contributed by atoms with Crippen LogP contribution in [0.25, 0.3) is 0 Å². The van der Waals surface area contributed by atoms with E-state index in [1.165, 1.54) is 6.20 Å². The van der Waals surface area contributed by atoms with Crippen LogP contribution in [0.3, 0.4) is 0 Å². The monoisotopic (exact) mass is 416 g/mol. The van der Waals surface area contributed by atoms with Crippen LogP contribution in [0, 0.1) is 10.5 Å².